The van der Waals surface area contributed by atoms with E-state index in [1.807, 2.05) is 24.6 Å². The van der Waals surface area contributed by atoms with Gasteiger partial charge in [-0.05, 0) is 43.9 Å². The Morgan fingerprint density at radius 1 is 1.27 bits per heavy atom. The highest BCUT2D eigenvalue weighted by Crippen LogP contribution is 2.44. The zero-order chi connectivity index (χ0) is 17.6. The molecule has 2 fully saturated rings. The Labute approximate surface area is 161 Å². The zero-order valence-electron chi connectivity index (χ0n) is 15.6. The molecule has 2 aromatic rings. The molecular formula is C20H27ClN4O. The molecule has 1 aromatic heterocycles. The fraction of sp³-hybridized carbons (Fsp3) is 0.500. The van der Waals surface area contributed by atoms with Crippen molar-refractivity contribution in [2.75, 3.05) is 19.6 Å². The van der Waals surface area contributed by atoms with Crippen LogP contribution in [0.5, 0.6) is 0 Å². The van der Waals surface area contributed by atoms with E-state index in [2.05, 4.69) is 46.5 Å². The minimum Gasteiger partial charge on any atom is -0.330 e. The van der Waals surface area contributed by atoms with Crippen LogP contribution in [0.15, 0.2) is 30.3 Å². The van der Waals surface area contributed by atoms with Crippen molar-refractivity contribution in [3.05, 3.63) is 52.8 Å². The van der Waals surface area contributed by atoms with E-state index in [1.165, 1.54) is 11.1 Å². The van der Waals surface area contributed by atoms with Crippen LogP contribution in [0, 0.1) is 25.7 Å². The molecule has 1 amide bonds. The van der Waals surface area contributed by atoms with Crippen molar-refractivity contribution < 1.29 is 4.79 Å². The number of aromatic nitrogens is 2. The van der Waals surface area contributed by atoms with Gasteiger partial charge in [-0.25, -0.2) is 0 Å². The summed E-state index contributed by atoms with van der Waals surface area (Å²) in [6, 6.07) is 10.6. The van der Waals surface area contributed by atoms with Gasteiger partial charge in [0.25, 0.3) is 5.91 Å². The normalized spacial score (nSPS) is 24.4. The van der Waals surface area contributed by atoms with E-state index in [1.54, 1.807) is 0 Å². The van der Waals surface area contributed by atoms with Crippen LogP contribution < -0.4 is 5.32 Å². The monoisotopic (exact) mass is 374 g/mol. The second-order valence-electron chi connectivity index (χ2n) is 7.33. The number of nitrogens with zero attached hydrogens (tertiary/aromatic N) is 3. The number of fused-ring (bicyclic) bond motifs is 1. The molecule has 0 radical (unpaired) electrons. The standard InChI is InChI=1S/C20H26N4O.ClH/c1-4-24-18(9-14(3)22-24)20(25)23-12-15-10-21-11-17(15)19(23)16-8-6-5-7-13(16)2;/h5-9,15,17,19,21H,4,10-12H2,1-3H3;1H/t15-,17-,19+;/m0./s1. The molecule has 26 heavy (non-hydrogen) atoms. The highest BCUT2D eigenvalue weighted by molar-refractivity contribution is 5.93. The second kappa shape index (κ2) is 7.41. The first kappa shape index (κ1) is 18.9. The first-order chi connectivity index (χ1) is 12.1. The van der Waals surface area contributed by atoms with E-state index in [0.717, 1.165) is 25.3 Å². The number of benzene rings is 1. The van der Waals surface area contributed by atoms with Crippen LogP contribution in [0.1, 0.15) is 40.3 Å². The van der Waals surface area contributed by atoms with Crippen molar-refractivity contribution >= 4 is 18.3 Å². The Morgan fingerprint density at radius 3 is 2.77 bits per heavy atom. The van der Waals surface area contributed by atoms with Crippen LogP contribution in [0.2, 0.25) is 0 Å². The zero-order valence-corrected chi connectivity index (χ0v) is 16.4. The van der Waals surface area contributed by atoms with Crippen LogP contribution in [0.3, 0.4) is 0 Å². The number of hydrogen-bond donors (Lipinski definition) is 1. The molecule has 0 unspecified atom stereocenters. The van der Waals surface area contributed by atoms with Crippen LogP contribution in [-0.2, 0) is 6.54 Å². The van der Waals surface area contributed by atoms with Crippen molar-refractivity contribution in [1.29, 1.82) is 0 Å². The molecule has 1 aromatic carbocycles. The SMILES string of the molecule is CCn1nc(C)cc1C(=O)N1C[C@@H]2CNC[C@@H]2[C@H]1c1ccccc1C.Cl. The molecule has 140 valence electrons. The summed E-state index contributed by atoms with van der Waals surface area (Å²) in [6.45, 7) is 9.65. The number of carbonyl (C=O) groups excluding carboxylic acids is 1. The van der Waals surface area contributed by atoms with Gasteiger partial charge in [-0.15, -0.1) is 12.4 Å². The average molecular weight is 375 g/mol. The van der Waals surface area contributed by atoms with Crippen molar-refractivity contribution in [3.63, 3.8) is 0 Å². The molecule has 3 atom stereocenters. The summed E-state index contributed by atoms with van der Waals surface area (Å²) in [7, 11) is 0. The third kappa shape index (κ3) is 3.03. The van der Waals surface area contributed by atoms with E-state index < -0.39 is 0 Å². The van der Waals surface area contributed by atoms with Crippen molar-refractivity contribution in [2.24, 2.45) is 11.8 Å². The number of nitrogens with one attached hydrogen (secondary N) is 1. The van der Waals surface area contributed by atoms with Gasteiger partial charge in [0.05, 0.1) is 11.7 Å². The Balaban J connectivity index is 0.00000196. The lowest BCUT2D eigenvalue weighted by Crippen LogP contribution is -2.36. The Bertz CT molecular complexity index is 803. The van der Waals surface area contributed by atoms with E-state index in [-0.39, 0.29) is 24.4 Å². The number of hydrogen-bond acceptors (Lipinski definition) is 3. The number of carbonyl (C=O) groups is 1. The smallest absolute Gasteiger partial charge is 0.272 e. The van der Waals surface area contributed by atoms with Gasteiger partial charge in [0.2, 0.25) is 0 Å². The van der Waals surface area contributed by atoms with Crippen molar-refractivity contribution in [2.45, 2.75) is 33.4 Å². The summed E-state index contributed by atoms with van der Waals surface area (Å²) < 4.78 is 1.83. The number of aryl methyl sites for hydroxylation is 3. The molecule has 2 saturated heterocycles. The largest absolute Gasteiger partial charge is 0.330 e. The third-order valence-electron chi connectivity index (χ3n) is 5.75. The number of halogens is 1. The van der Waals surface area contributed by atoms with Gasteiger partial charge in [0.15, 0.2) is 0 Å². The minimum absolute atomic E-state index is 0. The number of rotatable bonds is 3. The van der Waals surface area contributed by atoms with Crippen LogP contribution in [-0.4, -0.2) is 40.2 Å². The van der Waals surface area contributed by atoms with Gasteiger partial charge in [-0.1, -0.05) is 24.3 Å². The Morgan fingerprint density at radius 2 is 2.04 bits per heavy atom. The van der Waals surface area contributed by atoms with E-state index in [4.69, 9.17) is 0 Å². The highest BCUT2D eigenvalue weighted by Gasteiger charge is 2.47. The molecule has 6 heteroatoms. The highest BCUT2D eigenvalue weighted by atomic mass is 35.5. The van der Waals surface area contributed by atoms with Crippen molar-refractivity contribution in [1.82, 2.24) is 20.0 Å². The maximum absolute atomic E-state index is 13.4. The van der Waals surface area contributed by atoms with Gasteiger partial charge < -0.3 is 10.2 Å². The molecule has 5 nitrogen and oxygen atoms in total. The summed E-state index contributed by atoms with van der Waals surface area (Å²) in [6.07, 6.45) is 0. The minimum atomic E-state index is 0. The molecule has 0 saturated carbocycles. The maximum Gasteiger partial charge on any atom is 0.272 e. The van der Waals surface area contributed by atoms with Crippen LogP contribution in [0.4, 0.5) is 0 Å². The predicted octanol–water partition coefficient (Wildman–Crippen LogP) is 2.97. The Kier molecular flexibility index (Phi) is 5.39. The molecule has 0 spiro atoms. The summed E-state index contributed by atoms with van der Waals surface area (Å²) in [5, 5.41) is 7.98. The van der Waals surface area contributed by atoms with E-state index in [9.17, 15) is 4.79 Å². The predicted molar refractivity (Wildman–Crippen MR) is 105 cm³/mol. The van der Waals surface area contributed by atoms with Gasteiger partial charge in [-0.2, -0.15) is 5.10 Å². The maximum atomic E-state index is 13.4. The third-order valence-corrected chi connectivity index (χ3v) is 5.75. The molecule has 4 rings (SSSR count). The summed E-state index contributed by atoms with van der Waals surface area (Å²) >= 11 is 0. The van der Waals surface area contributed by atoms with Gasteiger partial charge in [0, 0.05) is 32.1 Å². The molecule has 0 bridgehead atoms. The fourth-order valence-corrected chi connectivity index (χ4v) is 4.55. The Hall–Kier alpha value is -1.85. The molecule has 3 heterocycles. The van der Waals surface area contributed by atoms with Crippen LogP contribution >= 0.6 is 12.4 Å². The van der Waals surface area contributed by atoms with Gasteiger partial charge in [0.1, 0.15) is 5.69 Å². The fourth-order valence-electron chi connectivity index (χ4n) is 4.55. The quantitative estimate of drug-likeness (QED) is 0.898. The lowest BCUT2D eigenvalue weighted by atomic mass is 9.87. The lowest BCUT2D eigenvalue weighted by Gasteiger charge is -2.29. The summed E-state index contributed by atoms with van der Waals surface area (Å²) in [5.74, 6) is 1.14. The molecule has 2 aliphatic rings. The molecule has 1 N–H and O–H groups in total. The lowest BCUT2D eigenvalue weighted by molar-refractivity contribution is 0.0701. The molecule has 2 aliphatic heterocycles. The average Bonchev–Trinajstić information content (AvgIpc) is 3.28. The first-order valence-corrected chi connectivity index (χ1v) is 9.21. The molecular weight excluding hydrogens is 348 g/mol. The van der Waals surface area contributed by atoms with Gasteiger partial charge >= 0.3 is 0 Å². The second-order valence-corrected chi connectivity index (χ2v) is 7.33. The number of amides is 1. The topological polar surface area (TPSA) is 50.2 Å². The summed E-state index contributed by atoms with van der Waals surface area (Å²) in [4.78, 5) is 15.5. The van der Waals surface area contributed by atoms with Crippen molar-refractivity contribution in [3.8, 4) is 0 Å². The summed E-state index contributed by atoms with van der Waals surface area (Å²) in [5.41, 5.74) is 4.16. The van der Waals surface area contributed by atoms with Gasteiger partial charge in [-0.3, -0.25) is 9.48 Å². The molecule has 0 aliphatic carbocycles. The van der Waals surface area contributed by atoms with E-state index in [0.29, 0.717) is 24.1 Å². The number of likely N-dealkylation sites (tertiary alicyclic amines) is 1. The van der Waals surface area contributed by atoms with Crippen LogP contribution in [0.25, 0.3) is 0 Å². The first-order valence-electron chi connectivity index (χ1n) is 9.21. The van der Waals surface area contributed by atoms with E-state index >= 15 is 0 Å².